The largest absolute Gasteiger partial charge is 0.491 e. The molecule has 4 heteroatoms. The molecule has 2 atom stereocenters. The summed E-state index contributed by atoms with van der Waals surface area (Å²) in [4.78, 5) is 0. The molecule has 0 spiro atoms. The third-order valence-corrected chi connectivity index (χ3v) is 2.78. The minimum atomic E-state index is -0.616. The Labute approximate surface area is 115 Å². The molecule has 4 nitrogen and oxygen atoms in total. The molecule has 0 aromatic heterocycles. The van der Waals surface area contributed by atoms with Crippen molar-refractivity contribution in [1.29, 1.82) is 0 Å². The van der Waals surface area contributed by atoms with Crippen LogP contribution in [-0.2, 0) is 4.74 Å². The summed E-state index contributed by atoms with van der Waals surface area (Å²) >= 11 is 0. The number of aliphatic hydroxyl groups excluding tert-OH is 1. The number of aryl methyl sites for hydroxylation is 1. The Bertz CT molecular complexity index is 391. The van der Waals surface area contributed by atoms with Gasteiger partial charge in [0.1, 0.15) is 18.5 Å². The lowest BCUT2D eigenvalue weighted by Gasteiger charge is -2.16. The van der Waals surface area contributed by atoms with Crippen LogP contribution in [-0.4, -0.2) is 30.5 Å². The third kappa shape index (κ3) is 5.59. The molecule has 0 bridgehead atoms. The van der Waals surface area contributed by atoms with Crippen LogP contribution in [0, 0.1) is 6.92 Å². The second kappa shape index (κ2) is 7.48. The van der Waals surface area contributed by atoms with Gasteiger partial charge in [-0.05, 0) is 44.9 Å². The van der Waals surface area contributed by atoms with E-state index in [-0.39, 0.29) is 25.4 Å². The number of benzene rings is 1. The Balaban J connectivity index is 2.49. The maximum absolute atomic E-state index is 9.72. The summed E-state index contributed by atoms with van der Waals surface area (Å²) in [6.07, 6.45) is -0.503. The van der Waals surface area contributed by atoms with Crippen LogP contribution >= 0.6 is 0 Å². The van der Waals surface area contributed by atoms with Crippen molar-refractivity contribution in [3.8, 4) is 5.75 Å². The summed E-state index contributed by atoms with van der Waals surface area (Å²) in [5.41, 5.74) is 7.92. The highest BCUT2D eigenvalue weighted by Gasteiger charge is 2.09. The maximum Gasteiger partial charge on any atom is 0.122 e. The van der Waals surface area contributed by atoms with Gasteiger partial charge in [-0.2, -0.15) is 0 Å². The zero-order chi connectivity index (χ0) is 14.4. The van der Waals surface area contributed by atoms with Gasteiger partial charge in [-0.1, -0.05) is 12.1 Å². The van der Waals surface area contributed by atoms with Crippen LogP contribution in [0.5, 0.6) is 5.75 Å². The summed E-state index contributed by atoms with van der Waals surface area (Å²) in [6, 6.07) is 5.86. The minimum absolute atomic E-state index is 0.0118. The maximum atomic E-state index is 9.72. The highest BCUT2D eigenvalue weighted by atomic mass is 16.5. The van der Waals surface area contributed by atoms with Crippen LogP contribution in [0.25, 0.3) is 0 Å². The average Bonchev–Trinajstić information content (AvgIpc) is 2.34. The lowest BCUT2D eigenvalue weighted by Crippen LogP contribution is -2.25. The molecule has 0 aliphatic carbocycles. The summed E-state index contributed by atoms with van der Waals surface area (Å²) in [6.45, 7) is 8.30. The van der Waals surface area contributed by atoms with Gasteiger partial charge >= 0.3 is 0 Å². The Morgan fingerprint density at radius 2 is 1.89 bits per heavy atom. The van der Waals surface area contributed by atoms with E-state index in [4.69, 9.17) is 15.2 Å². The van der Waals surface area contributed by atoms with Crippen LogP contribution in [0.4, 0.5) is 0 Å². The lowest BCUT2D eigenvalue weighted by atomic mass is 10.1. The minimum Gasteiger partial charge on any atom is -0.491 e. The number of hydrogen-bond acceptors (Lipinski definition) is 4. The Morgan fingerprint density at radius 1 is 1.21 bits per heavy atom. The summed E-state index contributed by atoms with van der Waals surface area (Å²) in [7, 11) is 0. The van der Waals surface area contributed by atoms with Crippen LogP contribution in [0.3, 0.4) is 0 Å². The molecule has 1 aromatic rings. The number of nitrogens with two attached hydrogens (primary N) is 1. The van der Waals surface area contributed by atoms with Gasteiger partial charge in [0.2, 0.25) is 0 Å². The topological polar surface area (TPSA) is 64.7 Å². The van der Waals surface area contributed by atoms with Crippen LogP contribution in [0.15, 0.2) is 18.2 Å². The predicted molar refractivity (Wildman–Crippen MR) is 76.4 cm³/mol. The number of aliphatic hydroxyl groups is 1. The van der Waals surface area contributed by atoms with Crippen molar-refractivity contribution >= 4 is 0 Å². The monoisotopic (exact) mass is 267 g/mol. The van der Waals surface area contributed by atoms with Gasteiger partial charge in [0.05, 0.1) is 12.7 Å². The van der Waals surface area contributed by atoms with Crippen molar-refractivity contribution in [2.24, 2.45) is 5.73 Å². The molecule has 0 fully saturated rings. The summed E-state index contributed by atoms with van der Waals surface area (Å²) in [5.74, 6) is 0.771. The molecule has 3 N–H and O–H groups in total. The van der Waals surface area contributed by atoms with Gasteiger partial charge in [0, 0.05) is 6.04 Å². The summed E-state index contributed by atoms with van der Waals surface area (Å²) < 4.78 is 10.9. The van der Waals surface area contributed by atoms with E-state index in [1.807, 2.05) is 45.9 Å². The zero-order valence-corrected chi connectivity index (χ0v) is 12.2. The Kier molecular flexibility index (Phi) is 6.28. The molecule has 2 unspecified atom stereocenters. The molecular formula is C15H25NO3. The molecular weight excluding hydrogens is 242 g/mol. The van der Waals surface area contributed by atoms with Crippen molar-refractivity contribution in [1.82, 2.24) is 0 Å². The van der Waals surface area contributed by atoms with E-state index in [0.717, 1.165) is 16.9 Å². The fourth-order valence-corrected chi connectivity index (χ4v) is 1.66. The normalized spacial score (nSPS) is 14.5. The smallest absolute Gasteiger partial charge is 0.122 e. The van der Waals surface area contributed by atoms with Gasteiger partial charge in [-0.15, -0.1) is 0 Å². The van der Waals surface area contributed by atoms with Crippen molar-refractivity contribution < 1.29 is 14.6 Å². The van der Waals surface area contributed by atoms with Crippen molar-refractivity contribution in [3.05, 3.63) is 29.3 Å². The lowest BCUT2D eigenvalue weighted by molar-refractivity contribution is -0.0123. The molecule has 0 aliphatic heterocycles. The number of ether oxygens (including phenoxy) is 2. The fourth-order valence-electron chi connectivity index (χ4n) is 1.66. The van der Waals surface area contributed by atoms with Crippen LogP contribution in [0.1, 0.15) is 37.9 Å². The predicted octanol–water partition coefficient (Wildman–Crippen LogP) is 2.18. The Hall–Kier alpha value is -1.10. The van der Waals surface area contributed by atoms with E-state index in [2.05, 4.69) is 0 Å². The zero-order valence-electron chi connectivity index (χ0n) is 12.2. The highest BCUT2D eigenvalue weighted by Crippen LogP contribution is 2.22. The molecule has 1 aromatic carbocycles. The van der Waals surface area contributed by atoms with Gasteiger partial charge in [0.15, 0.2) is 0 Å². The first kappa shape index (κ1) is 16.0. The Morgan fingerprint density at radius 3 is 2.42 bits per heavy atom. The van der Waals surface area contributed by atoms with Gasteiger partial charge < -0.3 is 20.3 Å². The highest BCUT2D eigenvalue weighted by molar-refractivity contribution is 5.37. The quantitative estimate of drug-likeness (QED) is 0.794. The van der Waals surface area contributed by atoms with E-state index in [9.17, 15) is 5.11 Å². The van der Waals surface area contributed by atoms with Crippen molar-refractivity contribution in [2.75, 3.05) is 13.2 Å². The second-order valence-corrected chi connectivity index (χ2v) is 5.16. The first-order valence-corrected chi connectivity index (χ1v) is 6.68. The van der Waals surface area contributed by atoms with E-state index < -0.39 is 6.10 Å². The molecule has 108 valence electrons. The third-order valence-electron chi connectivity index (χ3n) is 2.78. The van der Waals surface area contributed by atoms with E-state index >= 15 is 0 Å². The number of rotatable bonds is 7. The van der Waals surface area contributed by atoms with E-state index in [0.29, 0.717) is 0 Å². The molecule has 1 rings (SSSR count). The van der Waals surface area contributed by atoms with Crippen molar-refractivity contribution in [3.63, 3.8) is 0 Å². The summed E-state index contributed by atoms with van der Waals surface area (Å²) in [5, 5.41) is 9.72. The molecule has 0 aliphatic rings. The molecule has 0 heterocycles. The van der Waals surface area contributed by atoms with Crippen LogP contribution in [0.2, 0.25) is 0 Å². The molecule has 0 saturated carbocycles. The first-order valence-electron chi connectivity index (χ1n) is 6.68. The SMILES string of the molecule is Cc1cc(C(C)N)ccc1OCC(O)COC(C)C. The van der Waals surface area contributed by atoms with Gasteiger partial charge in [-0.3, -0.25) is 0 Å². The molecule has 0 radical (unpaired) electrons. The molecule has 19 heavy (non-hydrogen) atoms. The average molecular weight is 267 g/mol. The number of hydrogen-bond donors (Lipinski definition) is 2. The van der Waals surface area contributed by atoms with Crippen LogP contribution < -0.4 is 10.5 Å². The van der Waals surface area contributed by atoms with Gasteiger partial charge in [-0.25, -0.2) is 0 Å². The van der Waals surface area contributed by atoms with E-state index in [1.165, 1.54) is 0 Å². The fraction of sp³-hybridized carbons (Fsp3) is 0.600. The first-order chi connectivity index (χ1) is 8.90. The molecule has 0 amide bonds. The van der Waals surface area contributed by atoms with E-state index in [1.54, 1.807) is 0 Å². The standard InChI is InChI=1S/C15H25NO3/c1-10(2)18-8-14(17)9-19-15-6-5-13(12(4)16)7-11(15)3/h5-7,10,12,14,17H,8-9,16H2,1-4H3. The van der Waals surface area contributed by atoms with Gasteiger partial charge in [0.25, 0.3) is 0 Å². The second-order valence-electron chi connectivity index (χ2n) is 5.16. The molecule has 0 saturated heterocycles. The van der Waals surface area contributed by atoms with Crippen molar-refractivity contribution in [2.45, 2.75) is 45.9 Å².